The molecule has 0 aromatic carbocycles. The molecule has 1 aromatic heterocycles. The fourth-order valence-corrected chi connectivity index (χ4v) is 3.12. The number of aromatic nitrogens is 1. The number of carbonyl (C=O) groups is 2. The van der Waals surface area contributed by atoms with Crippen LogP contribution in [0, 0.1) is 0 Å². The van der Waals surface area contributed by atoms with E-state index in [0.29, 0.717) is 23.7 Å². The van der Waals surface area contributed by atoms with Gasteiger partial charge in [0.2, 0.25) is 0 Å². The van der Waals surface area contributed by atoms with E-state index in [2.05, 4.69) is 10.5 Å². The first-order valence-electron chi connectivity index (χ1n) is 5.65. The topological polar surface area (TPSA) is 102 Å². The van der Waals surface area contributed by atoms with Crippen molar-refractivity contribution in [3.63, 3.8) is 0 Å². The minimum absolute atomic E-state index is 0.0598. The molecule has 1 aliphatic rings. The average Bonchev–Trinajstić information content (AvgIpc) is 2.99. The van der Waals surface area contributed by atoms with Crippen molar-refractivity contribution in [1.82, 2.24) is 10.5 Å². The third kappa shape index (κ3) is 2.90. The van der Waals surface area contributed by atoms with E-state index in [1.165, 1.54) is 24.9 Å². The van der Waals surface area contributed by atoms with Gasteiger partial charge in [0.05, 0.1) is 0 Å². The van der Waals surface area contributed by atoms with Gasteiger partial charge in [0, 0.05) is 18.9 Å². The highest BCUT2D eigenvalue weighted by Gasteiger charge is 2.43. The maximum Gasteiger partial charge on any atom is 0.330 e. The molecule has 0 aliphatic carbocycles. The molecule has 2 rings (SSSR count). The van der Waals surface area contributed by atoms with Crippen molar-refractivity contribution in [3.8, 4) is 0 Å². The SMILES string of the molecule is COCc1cc(C(=O)N[C@]2(C(=O)O)CCSC2)no1. The van der Waals surface area contributed by atoms with Crippen LogP contribution in [-0.4, -0.2) is 46.3 Å². The van der Waals surface area contributed by atoms with E-state index in [1.807, 2.05) is 0 Å². The highest BCUT2D eigenvalue weighted by atomic mass is 32.2. The van der Waals surface area contributed by atoms with Gasteiger partial charge in [-0.15, -0.1) is 0 Å². The number of nitrogens with one attached hydrogen (secondary N) is 1. The minimum atomic E-state index is -1.21. The van der Waals surface area contributed by atoms with E-state index in [-0.39, 0.29) is 12.3 Å². The van der Waals surface area contributed by atoms with Crippen molar-refractivity contribution >= 4 is 23.6 Å². The number of carboxylic acids is 1. The molecular weight excluding hydrogens is 272 g/mol. The number of ether oxygens (including phenoxy) is 1. The summed E-state index contributed by atoms with van der Waals surface area (Å²) in [6.45, 7) is 0.209. The molecule has 1 aromatic rings. The Labute approximate surface area is 113 Å². The number of aliphatic carboxylic acids is 1. The summed E-state index contributed by atoms with van der Waals surface area (Å²) in [5.41, 5.74) is -1.15. The molecule has 1 fully saturated rings. The van der Waals surface area contributed by atoms with E-state index >= 15 is 0 Å². The molecular formula is C11H14N2O5S. The van der Waals surface area contributed by atoms with Crippen LogP contribution in [-0.2, 0) is 16.1 Å². The van der Waals surface area contributed by atoms with Crippen LogP contribution in [0.2, 0.25) is 0 Å². The molecule has 2 N–H and O–H groups in total. The molecule has 0 saturated carbocycles. The van der Waals surface area contributed by atoms with Crippen LogP contribution in [0.5, 0.6) is 0 Å². The maximum absolute atomic E-state index is 12.0. The highest BCUT2D eigenvalue weighted by Crippen LogP contribution is 2.28. The maximum atomic E-state index is 12.0. The van der Waals surface area contributed by atoms with Crippen LogP contribution < -0.4 is 5.32 Å². The largest absolute Gasteiger partial charge is 0.479 e. The van der Waals surface area contributed by atoms with Gasteiger partial charge in [0.25, 0.3) is 5.91 Å². The summed E-state index contributed by atoms with van der Waals surface area (Å²) in [5, 5.41) is 15.4. The molecule has 1 amide bonds. The lowest BCUT2D eigenvalue weighted by Crippen LogP contribution is -2.54. The number of carboxylic acid groups (broad SMARTS) is 1. The van der Waals surface area contributed by atoms with Gasteiger partial charge >= 0.3 is 5.97 Å². The van der Waals surface area contributed by atoms with Gasteiger partial charge in [-0.25, -0.2) is 4.79 Å². The molecule has 0 spiro atoms. The predicted molar refractivity (Wildman–Crippen MR) is 67.0 cm³/mol. The zero-order valence-corrected chi connectivity index (χ0v) is 11.2. The lowest BCUT2D eigenvalue weighted by molar-refractivity contribution is -0.143. The summed E-state index contributed by atoms with van der Waals surface area (Å²) < 4.78 is 9.75. The van der Waals surface area contributed by atoms with Crippen LogP contribution in [0.3, 0.4) is 0 Å². The summed E-state index contributed by atoms with van der Waals surface area (Å²) in [7, 11) is 1.50. The first-order chi connectivity index (χ1) is 9.07. The Morgan fingerprint density at radius 3 is 3.05 bits per heavy atom. The fraction of sp³-hybridized carbons (Fsp3) is 0.545. The van der Waals surface area contributed by atoms with Gasteiger partial charge in [0.15, 0.2) is 11.5 Å². The predicted octanol–water partition coefficient (Wildman–Crippen LogP) is 0.511. The van der Waals surface area contributed by atoms with E-state index in [0.717, 1.165) is 0 Å². The van der Waals surface area contributed by atoms with E-state index in [9.17, 15) is 14.7 Å². The number of thioether (sulfide) groups is 1. The smallest absolute Gasteiger partial charge is 0.330 e. The van der Waals surface area contributed by atoms with Crippen molar-refractivity contribution in [1.29, 1.82) is 0 Å². The van der Waals surface area contributed by atoms with Crippen LogP contribution >= 0.6 is 11.8 Å². The van der Waals surface area contributed by atoms with Gasteiger partial charge in [-0.1, -0.05) is 5.16 Å². The number of amides is 1. The highest BCUT2D eigenvalue weighted by molar-refractivity contribution is 7.99. The monoisotopic (exact) mass is 286 g/mol. The summed E-state index contributed by atoms with van der Waals surface area (Å²) in [6.07, 6.45) is 0.404. The summed E-state index contributed by atoms with van der Waals surface area (Å²) in [5.74, 6) is -0.0859. The Balaban J connectivity index is 2.08. The molecule has 8 heteroatoms. The molecule has 0 radical (unpaired) electrons. The summed E-state index contributed by atoms with van der Waals surface area (Å²) in [4.78, 5) is 23.3. The lowest BCUT2D eigenvalue weighted by Gasteiger charge is -2.23. The third-order valence-corrected chi connectivity index (χ3v) is 4.05. The number of rotatable bonds is 5. The fourth-order valence-electron chi connectivity index (χ4n) is 1.80. The zero-order chi connectivity index (χ0) is 13.9. The lowest BCUT2D eigenvalue weighted by atomic mass is 9.99. The number of nitrogens with zero attached hydrogens (tertiary/aromatic N) is 1. The third-order valence-electron chi connectivity index (χ3n) is 2.86. The normalized spacial score (nSPS) is 22.4. The van der Waals surface area contributed by atoms with Crippen LogP contribution in [0.4, 0.5) is 0 Å². The van der Waals surface area contributed by atoms with Crippen molar-refractivity contribution in [3.05, 3.63) is 17.5 Å². The van der Waals surface area contributed by atoms with Crippen molar-refractivity contribution in [2.75, 3.05) is 18.6 Å². The van der Waals surface area contributed by atoms with Crippen molar-refractivity contribution in [2.45, 2.75) is 18.6 Å². The quantitative estimate of drug-likeness (QED) is 0.813. The van der Waals surface area contributed by atoms with Gasteiger partial charge in [-0.3, -0.25) is 4.79 Å². The Bertz CT molecular complexity index is 481. The standard InChI is InChI=1S/C11H14N2O5S/c1-17-5-7-4-8(13-18-7)9(14)12-11(10(15)16)2-3-19-6-11/h4H,2-3,5-6H2,1H3,(H,12,14)(H,15,16)/t11-/m1/s1. The Morgan fingerprint density at radius 1 is 1.68 bits per heavy atom. The van der Waals surface area contributed by atoms with Gasteiger partial charge in [-0.05, 0) is 12.2 Å². The van der Waals surface area contributed by atoms with E-state index in [4.69, 9.17) is 9.26 Å². The second kappa shape index (κ2) is 5.62. The van der Waals surface area contributed by atoms with Gasteiger partial charge in [-0.2, -0.15) is 11.8 Å². The molecule has 1 atom stereocenters. The van der Waals surface area contributed by atoms with Crippen LogP contribution in [0.25, 0.3) is 0 Å². The van der Waals surface area contributed by atoms with Crippen molar-refractivity contribution < 1.29 is 24.0 Å². The molecule has 0 bridgehead atoms. The van der Waals surface area contributed by atoms with Gasteiger partial charge < -0.3 is 19.7 Å². The Morgan fingerprint density at radius 2 is 2.47 bits per heavy atom. The second-order valence-corrected chi connectivity index (χ2v) is 5.36. The number of hydrogen-bond donors (Lipinski definition) is 2. The van der Waals surface area contributed by atoms with Crippen molar-refractivity contribution in [2.24, 2.45) is 0 Å². The van der Waals surface area contributed by atoms with E-state index in [1.54, 1.807) is 0 Å². The first kappa shape index (κ1) is 13.9. The van der Waals surface area contributed by atoms with Crippen LogP contribution in [0.15, 0.2) is 10.6 Å². The molecule has 0 unspecified atom stereocenters. The van der Waals surface area contributed by atoms with Gasteiger partial charge in [0.1, 0.15) is 12.1 Å². The average molecular weight is 286 g/mol. The van der Waals surface area contributed by atoms with E-state index < -0.39 is 17.4 Å². The number of hydrogen-bond acceptors (Lipinski definition) is 6. The summed E-state index contributed by atoms with van der Waals surface area (Å²) in [6, 6.07) is 1.44. The Hall–Kier alpha value is -1.54. The molecule has 104 valence electrons. The molecule has 2 heterocycles. The first-order valence-corrected chi connectivity index (χ1v) is 6.81. The second-order valence-electron chi connectivity index (χ2n) is 4.26. The number of methoxy groups -OCH3 is 1. The molecule has 19 heavy (non-hydrogen) atoms. The molecule has 1 aliphatic heterocycles. The van der Waals surface area contributed by atoms with Crippen LogP contribution in [0.1, 0.15) is 22.7 Å². The number of carbonyl (C=O) groups excluding carboxylic acids is 1. The molecule has 1 saturated heterocycles. The zero-order valence-electron chi connectivity index (χ0n) is 10.3. The summed E-state index contributed by atoms with van der Waals surface area (Å²) >= 11 is 1.50. The minimum Gasteiger partial charge on any atom is -0.479 e. The molecule has 7 nitrogen and oxygen atoms in total. The Kier molecular flexibility index (Phi) is 4.11.